The number of halogens is 1. The van der Waals surface area contributed by atoms with Crippen LogP contribution in [0.5, 0.6) is 5.75 Å². The summed E-state index contributed by atoms with van der Waals surface area (Å²) in [6.45, 7) is 3.84. The molecule has 0 saturated heterocycles. The zero-order valence-corrected chi connectivity index (χ0v) is 13.6. The monoisotopic (exact) mass is 332 g/mol. The Morgan fingerprint density at radius 2 is 1.78 bits per heavy atom. The number of nitrogens with one attached hydrogen (secondary N) is 2. The molecule has 120 valence electrons. The number of thiocarbonyl (C=S) groups is 1. The lowest BCUT2D eigenvalue weighted by molar-refractivity contribution is 0.0977. The van der Waals surface area contributed by atoms with Crippen molar-refractivity contribution in [3.63, 3.8) is 0 Å². The SMILES string of the molecule is CC(C)Oc1ccccc1NC(=S)NC(=O)c1ccc(F)cc1. The van der Waals surface area contributed by atoms with E-state index in [9.17, 15) is 9.18 Å². The first kappa shape index (κ1) is 16.9. The summed E-state index contributed by atoms with van der Waals surface area (Å²) in [5.41, 5.74) is 0.980. The number of hydrogen-bond acceptors (Lipinski definition) is 3. The van der Waals surface area contributed by atoms with Crippen LogP contribution in [0, 0.1) is 5.82 Å². The molecular formula is C17H17FN2O2S. The van der Waals surface area contributed by atoms with Crippen molar-refractivity contribution in [3.8, 4) is 5.75 Å². The summed E-state index contributed by atoms with van der Waals surface area (Å²) in [6, 6.07) is 12.5. The molecule has 0 unspecified atom stereocenters. The maximum atomic E-state index is 12.9. The standard InChI is InChI=1S/C17H17FN2O2S/c1-11(2)22-15-6-4-3-5-14(15)19-17(23)20-16(21)12-7-9-13(18)10-8-12/h3-11H,1-2H3,(H2,19,20,21,23). The highest BCUT2D eigenvalue weighted by Crippen LogP contribution is 2.24. The third kappa shape index (κ3) is 5.03. The molecule has 1 amide bonds. The number of rotatable bonds is 4. The Bertz CT molecular complexity index is 702. The van der Waals surface area contributed by atoms with Crippen molar-refractivity contribution in [3.05, 3.63) is 59.9 Å². The van der Waals surface area contributed by atoms with Crippen molar-refractivity contribution in [1.82, 2.24) is 5.32 Å². The largest absolute Gasteiger partial charge is 0.489 e. The van der Waals surface area contributed by atoms with Crippen molar-refractivity contribution in [1.29, 1.82) is 0 Å². The lowest BCUT2D eigenvalue weighted by Crippen LogP contribution is -2.34. The highest BCUT2D eigenvalue weighted by molar-refractivity contribution is 7.80. The van der Waals surface area contributed by atoms with Crippen molar-refractivity contribution in [2.24, 2.45) is 0 Å². The number of ether oxygens (including phenoxy) is 1. The third-order valence-corrected chi connectivity index (χ3v) is 3.04. The molecule has 0 aliphatic heterocycles. The number of para-hydroxylation sites is 2. The summed E-state index contributed by atoms with van der Waals surface area (Å²) < 4.78 is 18.5. The van der Waals surface area contributed by atoms with E-state index in [0.717, 1.165) is 0 Å². The van der Waals surface area contributed by atoms with Crippen LogP contribution >= 0.6 is 12.2 Å². The Kier molecular flexibility index (Phi) is 5.65. The maximum absolute atomic E-state index is 12.9. The highest BCUT2D eigenvalue weighted by atomic mass is 32.1. The van der Waals surface area contributed by atoms with E-state index in [2.05, 4.69) is 10.6 Å². The highest BCUT2D eigenvalue weighted by Gasteiger charge is 2.10. The van der Waals surface area contributed by atoms with Crippen LogP contribution < -0.4 is 15.4 Å². The van der Waals surface area contributed by atoms with Crippen molar-refractivity contribution in [2.45, 2.75) is 20.0 Å². The number of carbonyl (C=O) groups is 1. The molecule has 0 bridgehead atoms. The van der Waals surface area contributed by atoms with Gasteiger partial charge >= 0.3 is 0 Å². The summed E-state index contributed by atoms with van der Waals surface area (Å²) in [7, 11) is 0. The zero-order valence-electron chi connectivity index (χ0n) is 12.8. The Balaban J connectivity index is 2.02. The molecule has 2 rings (SSSR count). The Labute approximate surface area is 139 Å². The summed E-state index contributed by atoms with van der Waals surface area (Å²) in [5, 5.41) is 5.61. The van der Waals surface area contributed by atoms with Gasteiger partial charge in [0, 0.05) is 5.56 Å². The Morgan fingerprint density at radius 3 is 2.43 bits per heavy atom. The van der Waals surface area contributed by atoms with Crippen LogP contribution in [0.25, 0.3) is 0 Å². The number of amides is 1. The first-order chi connectivity index (χ1) is 11.0. The van der Waals surface area contributed by atoms with Crippen molar-refractivity contribution >= 4 is 28.9 Å². The Morgan fingerprint density at radius 1 is 1.13 bits per heavy atom. The normalized spacial score (nSPS) is 10.3. The molecular weight excluding hydrogens is 315 g/mol. The van der Waals surface area contributed by atoms with Gasteiger partial charge in [0.2, 0.25) is 0 Å². The molecule has 23 heavy (non-hydrogen) atoms. The number of hydrogen-bond donors (Lipinski definition) is 2. The number of anilines is 1. The van der Waals surface area contributed by atoms with E-state index in [-0.39, 0.29) is 11.2 Å². The van der Waals surface area contributed by atoms with Gasteiger partial charge in [0.15, 0.2) is 5.11 Å². The quantitative estimate of drug-likeness (QED) is 0.838. The molecule has 0 aromatic heterocycles. The minimum atomic E-state index is -0.412. The molecule has 4 nitrogen and oxygen atoms in total. The summed E-state index contributed by atoms with van der Waals surface area (Å²) >= 11 is 5.14. The van der Waals surface area contributed by atoms with Crippen LogP contribution in [0.15, 0.2) is 48.5 Å². The van der Waals surface area contributed by atoms with Crippen LogP contribution in [0.3, 0.4) is 0 Å². The van der Waals surface area contributed by atoms with E-state index < -0.39 is 11.7 Å². The van der Waals surface area contributed by atoms with Gasteiger partial charge in [-0.15, -0.1) is 0 Å². The number of benzene rings is 2. The minimum absolute atomic E-state index is 0.0142. The fourth-order valence-electron chi connectivity index (χ4n) is 1.86. The average molecular weight is 332 g/mol. The zero-order chi connectivity index (χ0) is 16.8. The van der Waals surface area contributed by atoms with Crippen molar-refractivity contribution in [2.75, 3.05) is 5.32 Å². The van der Waals surface area contributed by atoms with Gasteiger partial charge in [-0.25, -0.2) is 4.39 Å². The predicted octanol–water partition coefficient (Wildman–Crippen LogP) is 3.74. The molecule has 0 saturated carbocycles. The van der Waals surface area contributed by atoms with Crippen LogP contribution in [0.4, 0.5) is 10.1 Å². The van der Waals surface area contributed by atoms with Gasteiger partial charge in [-0.05, 0) is 62.5 Å². The van der Waals surface area contributed by atoms with E-state index in [4.69, 9.17) is 17.0 Å². The molecule has 0 heterocycles. The molecule has 6 heteroatoms. The molecule has 2 aromatic rings. The molecule has 0 aliphatic carbocycles. The lowest BCUT2D eigenvalue weighted by atomic mass is 10.2. The maximum Gasteiger partial charge on any atom is 0.257 e. The summed E-state index contributed by atoms with van der Waals surface area (Å²) in [5.74, 6) is -0.173. The van der Waals surface area contributed by atoms with Crippen LogP contribution in [0.1, 0.15) is 24.2 Å². The first-order valence-electron chi connectivity index (χ1n) is 7.09. The minimum Gasteiger partial charge on any atom is -0.489 e. The van der Waals surface area contributed by atoms with Crippen molar-refractivity contribution < 1.29 is 13.9 Å². The number of carbonyl (C=O) groups excluding carboxylic acids is 1. The molecule has 0 radical (unpaired) electrons. The van der Waals surface area contributed by atoms with E-state index in [1.165, 1.54) is 24.3 Å². The lowest BCUT2D eigenvalue weighted by Gasteiger charge is -2.16. The first-order valence-corrected chi connectivity index (χ1v) is 7.50. The fraction of sp³-hybridized carbons (Fsp3) is 0.176. The topological polar surface area (TPSA) is 50.4 Å². The Hall–Kier alpha value is -2.47. The van der Waals surface area contributed by atoms with Gasteiger partial charge in [0.25, 0.3) is 5.91 Å². The second-order valence-electron chi connectivity index (χ2n) is 5.08. The molecule has 2 aromatic carbocycles. The predicted molar refractivity (Wildman–Crippen MR) is 92.3 cm³/mol. The van der Waals surface area contributed by atoms with Gasteiger partial charge in [-0.2, -0.15) is 0 Å². The van der Waals surface area contributed by atoms with Crippen LogP contribution in [-0.2, 0) is 0 Å². The average Bonchev–Trinajstić information content (AvgIpc) is 2.49. The third-order valence-electron chi connectivity index (χ3n) is 2.83. The fourth-order valence-corrected chi connectivity index (χ4v) is 2.06. The van der Waals surface area contributed by atoms with Gasteiger partial charge in [0.05, 0.1) is 11.8 Å². The van der Waals surface area contributed by atoms with E-state index in [1.807, 2.05) is 32.0 Å². The smallest absolute Gasteiger partial charge is 0.257 e. The summed E-state index contributed by atoms with van der Waals surface area (Å²) in [6.07, 6.45) is 0.0142. The molecule has 2 N–H and O–H groups in total. The van der Waals surface area contributed by atoms with Gasteiger partial charge in [-0.3, -0.25) is 10.1 Å². The molecule has 0 fully saturated rings. The van der Waals surface area contributed by atoms with Crippen LogP contribution in [-0.4, -0.2) is 17.1 Å². The van der Waals surface area contributed by atoms with E-state index in [0.29, 0.717) is 17.0 Å². The molecule has 0 aliphatic rings. The summed E-state index contributed by atoms with van der Waals surface area (Å²) in [4.78, 5) is 12.0. The van der Waals surface area contributed by atoms with Crippen LogP contribution in [0.2, 0.25) is 0 Å². The molecule has 0 spiro atoms. The second kappa shape index (κ2) is 7.69. The van der Waals surface area contributed by atoms with Gasteiger partial charge < -0.3 is 10.1 Å². The second-order valence-corrected chi connectivity index (χ2v) is 5.49. The van der Waals surface area contributed by atoms with Gasteiger partial charge in [0.1, 0.15) is 11.6 Å². The van der Waals surface area contributed by atoms with E-state index in [1.54, 1.807) is 6.07 Å². The van der Waals surface area contributed by atoms with E-state index >= 15 is 0 Å². The molecule has 0 atom stereocenters. The van der Waals surface area contributed by atoms with Gasteiger partial charge in [-0.1, -0.05) is 12.1 Å².